The predicted octanol–water partition coefficient (Wildman–Crippen LogP) is 3.19. The lowest BCUT2D eigenvalue weighted by atomic mass is 10.1. The normalized spacial score (nSPS) is 9.85. The molecule has 0 spiro atoms. The number of hydrogen-bond donors (Lipinski definition) is 0. The zero-order chi connectivity index (χ0) is 10.6. The highest BCUT2D eigenvalue weighted by atomic mass is 15.3. The molecule has 0 radical (unpaired) electrons. The largest absolute Gasteiger partial charge is 0.272 e. The third-order valence-corrected chi connectivity index (χ3v) is 2.22. The van der Waals surface area contributed by atoms with Gasteiger partial charge in [0.2, 0.25) is 0 Å². The molecule has 1 heterocycles. The first-order chi connectivity index (χ1) is 6.04. The van der Waals surface area contributed by atoms with Crippen LogP contribution in [0.5, 0.6) is 0 Å². The van der Waals surface area contributed by atoms with Crippen molar-refractivity contribution in [1.82, 2.24) is 9.78 Å². The molecule has 1 aromatic rings. The molecule has 0 aliphatic rings. The summed E-state index contributed by atoms with van der Waals surface area (Å²) in [5.41, 5.74) is 3.83. The van der Waals surface area contributed by atoms with Gasteiger partial charge >= 0.3 is 0 Å². The molecule has 0 aromatic carbocycles. The molecule has 0 aliphatic carbocycles. The highest BCUT2D eigenvalue weighted by Gasteiger charge is 2.10. The summed E-state index contributed by atoms with van der Waals surface area (Å²) < 4.78 is 1.95. The molecular formula is C11H22N2. The van der Waals surface area contributed by atoms with Gasteiger partial charge in [0.25, 0.3) is 0 Å². The zero-order valence-electron chi connectivity index (χ0n) is 9.97. The number of hydrogen-bond acceptors (Lipinski definition) is 1. The second-order valence-corrected chi connectivity index (χ2v) is 3.37. The highest BCUT2D eigenvalue weighted by molar-refractivity contribution is 5.25. The first-order valence-electron chi connectivity index (χ1n) is 5.04. The Balaban J connectivity index is 0.000000671. The minimum Gasteiger partial charge on any atom is -0.272 e. The van der Waals surface area contributed by atoms with Crippen molar-refractivity contribution in [2.75, 3.05) is 0 Å². The third kappa shape index (κ3) is 2.58. The Morgan fingerprint density at radius 2 is 1.62 bits per heavy atom. The Morgan fingerprint density at radius 1 is 1.15 bits per heavy atom. The molecule has 0 atom stereocenters. The monoisotopic (exact) mass is 182 g/mol. The van der Waals surface area contributed by atoms with Crippen LogP contribution < -0.4 is 0 Å². The van der Waals surface area contributed by atoms with Crippen LogP contribution in [0.1, 0.15) is 50.6 Å². The highest BCUT2D eigenvalue weighted by Crippen LogP contribution is 2.19. The lowest BCUT2D eigenvalue weighted by Gasteiger charge is -1.99. The average molecular weight is 182 g/mol. The number of aryl methyl sites for hydroxylation is 1. The second kappa shape index (κ2) is 5.05. The maximum atomic E-state index is 4.43. The van der Waals surface area contributed by atoms with Crippen LogP contribution in [0.2, 0.25) is 0 Å². The molecule has 2 heteroatoms. The molecule has 0 amide bonds. The molecule has 0 N–H and O–H groups in total. The molecule has 76 valence electrons. The van der Waals surface area contributed by atoms with E-state index in [2.05, 4.69) is 32.8 Å². The zero-order valence-corrected chi connectivity index (χ0v) is 9.97. The van der Waals surface area contributed by atoms with E-state index in [0.29, 0.717) is 5.92 Å². The second-order valence-electron chi connectivity index (χ2n) is 3.37. The Bertz CT molecular complexity index is 259. The fraction of sp³-hybridized carbons (Fsp3) is 0.727. The predicted molar refractivity (Wildman–Crippen MR) is 58.1 cm³/mol. The van der Waals surface area contributed by atoms with Crippen LogP contribution in [0.25, 0.3) is 0 Å². The van der Waals surface area contributed by atoms with Crippen molar-refractivity contribution in [3.8, 4) is 0 Å². The minimum absolute atomic E-state index is 0.537. The van der Waals surface area contributed by atoms with Crippen molar-refractivity contribution in [2.45, 2.75) is 47.5 Å². The Hall–Kier alpha value is -0.790. The molecule has 0 saturated carbocycles. The van der Waals surface area contributed by atoms with Crippen LogP contribution in [0.15, 0.2) is 0 Å². The molecular weight excluding hydrogens is 160 g/mol. The lowest BCUT2D eigenvalue weighted by Crippen LogP contribution is -1.94. The summed E-state index contributed by atoms with van der Waals surface area (Å²) in [4.78, 5) is 0. The van der Waals surface area contributed by atoms with Crippen LogP contribution in [0.3, 0.4) is 0 Å². The summed E-state index contributed by atoms with van der Waals surface area (Å²) in [5.74, 6) is 0.537. The van der Waals surface area contributed by atoms with Gasteiger partial charge in [-0.1, -0.05) is 27.7 Å². The fourth-order valence-electron chi connectivity index (χ4n) is 1.29. The van der Waals surface area contributed by atoms with Gasteiger partial charge in [-0.2, -0.15) is 5.10 Å². The van der Waals surface area contributed by atoms with E-state index in [1.165, 1.54) is 17.0 Å². The smallest absolute Gasteiger partial charge is 0.0681 e. The van der Waals surface area contributed by atoms with Crippen molar-refractivity contribution in [3.63, 3.8) is 0 Å². The summed E-state index contributed by atoms with van der Waals surface area (Å²) >= 11 is 0. The number of aromatic nitrogens is 2. The molecule has 0 unspecified atom stereocenters. The van der Waals surface area contributed by atoms with Crippen LogP contribution in [-0.2, 0) is 7.05 Å². The van der Waals surface area contributed by atoms with E-state index in [4.69, 9.17) is 0 Å². The van der Waals surface area contributed by atoms with E-state index in [1.807, 2.05) is 25.6 Å². The van der Waals surface area contributed by atoms with Gasteiger partial charge in [0.05, 0.1) is 5.69 Å². The third-order valence-electron chi connectivity index (χ3n) is 2.22. The SMILES string of the molecule is CC.Cc1c(C(C)C)nn(C)c1C. The van der Waals surface area contributed by atoms with E-state index < -0.39 is 0 Å². The molecule has 2 nitrogen and oxygen atoms in total. The van der Waals surface area contributed by atoms with Crippen LogP contribution in [0.4, 0.5) is 0 Å². The first-order valence-corrected chi connectivity index (χ1v) is 5.04. The quantitative estimate of drug-likeness (QED) is 0.652. The van der Waals surface area contributed by atoms with Crippen molar-refractivity contribution < 1.29 is 0 Å². The van der Waals surface area contributed by atoms with Crippen molar-refractivity contribution in [1.29, 1.82) is 0 Å². The van der Waals surface area contributed by atoms with Crippen LogP contribution in [0, 0.1) is 13.8 Å². The van der Waals surface area contributed by atoms with Crippen molar-refractivity contribution in [3.05, 3.63) is 17.0 Å². The van der Waals surface area contributed by atoms with Gasteiger partial charge in [0.15, 0.2) is 0 Å². The van der Waals surface area contributed by atoms with Gasteiger partial charge < -0.3 is 0 Å². The maximum absolute atomic E-state index is 4.43. The molecule has 0 fully saturated rings. The van der Waals surface area contributed by atoms with Gasteiger partial charge in [-0.15, -0.1) is 0 Å². The van der Waals surface area contributed by atoms with Gasteiger partial charge in [0.1, 0.15) is 0 Å². The van der Waals surface area contributed by atoms with E-state index in [-0.39, 0.29) is 0 Å². The minimum atomic E-state index is 0.537. The van der Waals surface area contributed by atoms with Gasteiger partial charge in [-0.25, -0.2) is 0 Å². The number of nitrogens with zero attached hydrogens (tertiary/aromatic N) is 2. The van der Waals surface area contributed by atoms with E-state index in [1.54, 1.807) is 0 Å². The molecule has 1 aromatic heterocycles. The summed E-state index contributed by atoms with van der Waals surface area (Å²) in [6.07, 6.45) is 0. The van der Waals surface area contributed by atoms with Crippen molar-refractivity contribution in [2.24, 2.45) is 7.05 Å². The first kappa shape index (κ1) is 12.2. The summed E-state index contributed by atoms with van der Waals surface area (Å²) in [6.45, 7) is 12.6. The van der Waals surface area contributed by atoms with Gasteiger partial charge in [-0.05, 0) is 25.3 Å². The molecule has 0 bridgehead atoms. The van der Waals surface area contributed by atoms with Gasteiger partial charge in [-0.3, -0.25) is 4.68 Å². The molecule has 13 heavy (non-hydrogen) atoms. The average Bonchev–Trinajstić information content (AvgIpc) is 2.36. The standard InChI is InChI=1S/C9H16N2.C2H6/c1-6(2)9-7(3)8(4)11(5)10-9;1-2/h6H,1-5H3;1-2H3. The molecule has 0 aliphatic heterocycles. The molecule has 1 rings (SSSR count). The summed E-state index contributed by atoms with van der Waals surface area (Å²) in [5, 5.41) is 4.43. The Morgan fingerprint density at radius 3 is 1.77 bits per heavy atom. The van der Waals surface area contributed by atoms with Crippen LogP contribution >= 0.6 is 0 Å². The topological polar surface area (TPSA) is 17.8 Å². The van der Waals surface area contributed by atoms with Crippen molar-refractivity contribution >= 4 is 0 Å². The summed E-state index contributed by atoms with van der Waals surface area (Å²) in [7, 11) is 1.99. The van der Waals surface area contributed by atoms with E-state index >= 15 is 0 Å². The maximum Gasteiger partial charge on any atom is 0.0681 e. The summed E-state index contributed by atoms with van der Waals surface area (Å²) in [6, 6.07) is 0. The van der Waals surface area contributed by atoms with E-state index in [0.717, 1.165) is 0 Å². The van der Waals surface area contributed by atoms with Crippen LogP contribution in [-0.4, -0.2) is 9.78 Å². The molecule has 0 saturated heterocycles. The van der Waals surface area contributed by atoms with Gasteiger partial charge in [0, 0.05) is 12.7 Å². The Labute approximate surface area is 82.0 Å². The lowest BCUT2D eigenvalue weighted by molar-refractivity contribution is 0.698. The fourth-order valence-corrected chi connectivity index (χ4v) is 1.29. The Kier molecular flexibility index (Phi) is 4.74. The number of rotatable bonds is 1. The van der Waals surface area contributed by atoms with E-state index in [9.17, 15) is 0 Å².